The third-order valence-corrected chi connectivity index (χ3v) is 3.65. The highest BCUT2D eigenvalue weighted by molar-refractivity contribution is 6.31. The van der Waals surface area contributed by atoms with Crippen molar-refractivity contribution in [3.05, 3.63) is 46.1 Å². The number of rotatable bonds is 2. The van der Waals surface area contributed by atoms with Gasteiger partial charge in [0, 0.05) is 23.7 Å². The summed E-state index contributed by atoms with van der Waals surface area (Å²) in [6.07, 6.45) is 0. The van der Waals surface area contributed by atoms with Crippen molar-refractivity contribution in [2.45, 2.75) is 13.8 Å². The molecule has 2 aromatic carbocycles. The lowest BCUT2D eigenvalue weighted by atomic mass is 10.1. The molecule has 0 fully saturated rings. The Balaban J connectivity index is 2.17. The van der Waals surface area contributed by atoms with E-state index in [1.165, 1.54) is 11.7 Å². The summed E-state index contributed by atoms with van der Waals surface area (Å²) in [5.41, 5.74) is 8.99. The molecule has 0 bridgehead atoms. The minimum atomic E-state index is -0.196. The smallest absolute Gasteiger partial charge is 0.250 e. The molecular weight excluding hydrogens is 318 g/mol. The van der Waals surface area contributed by atoms with Crippen LogP contribution in [0.4, 0.5) is 11.4 Å². The number of nitrogens with zero attached hydrogens (tertiary/aromatic N) is 3. The Labute approximate surface area is 136 Å². The summed E-state index contributed by atoms with van der Waals surface area (Å²) < 4.78 is 0. The molecule has 1 heterocycles. The Morgan fingerprint density at radius 1 is 1.39 bits per heavy atom. The molecule has 1 aromatic heterocycles. The highest BCUT2D eigenvalue weighted by atomic mass is 35.5. The fraction of sp³-hybridized carbons (Fsp3) is 0.133. The molecule has 0 radical (unpaired) electrons. The van der Waals surface area contributed by atoms with Gasteiger partial charge < -0.3 is 16.3 Å². The van der Waals surface area contributed by atoms with Gasteiger partial charge in [0.2, 0.25) is 16.9 Å². The number of hydrogen-bond donors (Lipinski definition) is 2. The summed E-state index contributed by atoms with van der Waals surface area (Å²) in [5.74, 6) is -0.196. The Morgan fingerprint density at radius 2 is 2.13 bits per heavy atom. The zero-order chi connectivity index (χ0) is 16.7. The van der Waals surface area contributed by atoms with E-state index in [1.54, 1.807) is 30.3 Å². The SMILES string of the molecule is CC(=O)Nc1cc(N)c(-n2nc3ccc(Cl)cc3[n+]2[O-])cc1C. The molecule has 0 atom stereocenters. The second kappa shape index (κ2) is 5.44. The number of nitrogens with one attached hydrogen (secondary N) is 1. The van der Waals surface area contributed by atoms with E-state index in [4.69, 9.17) is 17.3 Å². The van der Waals surface area contributed by atoms with Crippen LogP contribution in [0.1, 0.15) is 12.5 Å². The first kappa shape index (κ1) is 15.1. The average Bonchev–Trinajstić information content (AvgIpc) is 2.79. The molecule has 3 aromatic rings. The van der Waals surface area contributed by atoms with Crippen molar-refractivity contribution in [2.24, 2.45) is 0 Å². The fourth-order valence-corrected chi connectivity index (χ4v) is 2.50. The van der Waals surface area contributed by atoms with Gasteiger partial charge in [-0.2, -0.15) is 0 Å². The van der Waals surface area contributed by atoms with E-state index in [0.717, 1.165) is 5.56 Å². The normalized spacial score (nSPS) is 10.9. The Kier molecular flexibility index (Phi) is 3.57. The Morgan fingerprint density at radius 3 is 2.83 bits per heavy atom. The van der Waals surface area contributed by atoms with Crippen LogP contribution in [0.5, 0.6) is 0 Å². The number of aryl methyl sites for hydroxylation is 1. The third-order valence-electron chi connectivity index (χ3n) is 3.42. The predicted octanol–water partition coefficient (Wildman–Crippen LogP) is 2.16. The van der Waals surface area contributed by atoms with Gasteiger partial charge in [-0.25, -0.2) is 0 Å². The summed E-state index contributed by atoms with van der Waals surface area (Å²) in [5, 5.41) is 19.8. The lowest BCUT2D eigenvalue weighted by Crippen LogP contribution is -2.37. The topological polar surface area (TPSA) is 99.9 Å². The van der Waals surface area contributed by atoms with Gasteiger partial charge in [0.1, 0.15) is 0 Å². The number of anilines is 2. The van der Waals surface area contributed by atoms with Crippen LogP contribution < -0.4 is 15.9 Å². The Bertz CT molecular complexity index is 935. The molecule has 8 heteroatoms. The zero-order valence-electron chi connectivity index (χ0n) is 12.5. The van der Waals surface area contributed by atoms with Crippen molar-refractivity contribution >= 4 is 39.9 Å². The average molecular weight is 332 g/mol. The summed E-state index contributed by atoms with van der Waals surface area (Å²) in [4.78, 5) is 13.0. The van der Waals surface area contributed by atoms with Crippen LogP contribution in [0.2, 0.25) is 5.02 Å². The number of amides is 1. The molecule has 1 amide bonds. The molecule has 0 spiro atoms. The van der Waals surface area contributed by atoms with E-state index in [-0.39, 0.29) is 5.91 Å². The first-order valence-corrected chi connectivity index (χ1v) is 7.21. The summed E-state index contributed by atoms with van der Waals surface area (Å²) in [7, 11) is 0. The first-order valence-electron chi connectivity index (χ1n) is 6.83. The van der Waals surface area contributed by atoms with Crippen molar-refractivity contribution in [1.82, 2.24) is 9.90 Å². The van der Waals surface area contributed by atoms with Gasteiger partial charge in [0.15, 0.2) is 5.69 Å². The number of nitrogen functional groups attached to an aromatic ring is 1. The number of aromatic nitrogens is 3. The second-order valence-corrected chi connectivity index (χ2v) is 5.64. The number of nitrogens with two attached hydrogens (primary N) is 1. The molecule has 23 heavy (non-hydrogen) atoms. The van der Waals surface area contributed by atoms with Gasteiger partial charge in [-0.1, -0.05) is 11.6 Å². The van der Waals surface area contributed by atoms with Crippen molar-refractivity contribution in [3.8, 4) is 5.69 Å². The molecule has 7 nitrogen and oxygen atoms in total. The molecule has 0 saturated heterocycles. The number of benzene rings is 2. The number of carbonyl (C=O) groups excluding carboxylic acids is 1. The quantitative estimate of drug-likeness (QED) is 0.427. The molecule has 0 aliphatic carbocycles. The van der Waals surface area contributed by atoms with Crippen molar-refractivity contribution in [3.63, 3.8) is 0 Å². The largest absolute Gasteiger partial charge is 0.692 e. The first-order chi connectivity index (χ1) is 10.9. The van der Waals surface area contributed by atoms with Gasteiger partial charge in [-0.15, -0.1) is 4.85 Å². The van der Waals surface area contributed by atoms with E-state index >= 15 is 0 Å². The van der Waals surface area contributed by atoms with E-state index < -0.39 is 0 Å². The van der Waals surface area contributed by atoms with E-state index in [1.807, 2.05) is 6.92 Å². The minimum absolute atomic E-state index is 0.196. The molecule has 118 valence electrons. The second-order valence-electron chi connectivity index (χ2n) is 5.20. The minimum Gasteiger partial charge on any atom is -0.692 e. The van der Waals surface area contributed by atoms with Crippen LogP contribution >= 0.6 is 11.6 Å². The number of halogens is 1. The van der Waals surface area contributed by atoms with Crippen molar-refractivity contribution in [1.29, 1.82) is 0 Å². The van der Waals surface area contributed by atoms with Gasteiger partial charge in [0.25, 0.3) is 0 Å². The standard InChI is InChI=1S/C15H14ClN5O2/c1-8-5-14(11(17)7-13(8)18-9(2)22)20-19-12-4-3-10(16)6-15(12)21(20)23/h3-7H,17H2,1-2H3,(H,18,22). The molecule has 3 N–H and O–H groups in total. The molecule has 0 aliphatic heterocycles. The molecular formula is C15H14ClN5O2. The van der Waals surface area contributed by atoms with E-state index in [0.29, 0.717) is 38.0 Å². The van der Waals surface area contributed by atoms with Gasteiger partial charge in [0.05, 0.1) is 10.8 Å². The monoisotopic (exact) mass is 331 g/mol. The molecule has 0 saturated carbocycles. The van der Waals surface area contributed by atoms with Crippen molar-refractivity contribution < 1.29 is 9.64 Å². The van der Waals surface area contributed by atoms with Crippen LogP contribution in [0.15, 0.2) is 30.3 Å². The van der Waals surface area contributed by atoms with Crippen LogP contribution in [0, 0.1) is 12.1 Å². The van der Waals surface area contributed by atoms with Crippen LogP contribution in [0.25, 0.3) is 16.7 Å². The lowest BCUT2D eigenvalue weighted by molar-refractivity contribution is -0.664. The van der Waals surface area contributed by atoms with Crippen LogP contribution in [-0.2, 0) is 4.79 Å². The van der Waals surface area contributed by atoms with E-state index in [9.17, 15) is 10.0 Å². The maximum atomic E-state index is 12.4. The highest BCUT2D eigenvalue weighted by Gasteiger charge is 2.19. The maximum Gasteiger partial charge on any atom is 0.250 e. The predicted molar refractivity (Wildman–Crippen MR) is 88.5 cm³/mol. The van der Waals surface area contributed by atoms with Crippen molar-refractivity contribution in [2.75, 3.05) is 11.1 Å². The molecule has 0 unspecified atom stereocenters. The number of carbonyl (C=O) groups is 1. The lowest BCUT2D eigenvalue weighted by Gasteiger charge is -2.11. The summed E-state index contributed by atoms with van der Waals surface area (Å²) in [6.45, 7) is 3.22. The van der Waals surface area contributed by atoms with Gasteiger partial charge in [-0.05, 0) is 41.5 Å². The summed E-state index contributed by atoms with van der Waals surface area (Å²) in [6, 6.07) is 8.17. The number of fused-ring (bicyclic) bond motifs is 1. The van der Waals surface area contributed by atoms with E-state index in [2.05, 4.69) is 10.4 Å². The number of hydrogen-bond acceptors (Lipinski definition) is 4. The Hall–Kier alpha value is -2.80. The van der Waals surface area contributed by atoms with Crippen LogP contribution in [0.3, 0.4) is 0 Å². The van der Waals surface area contributed by atoms with Gasteiger partial charge in [-0.3, -0.25) is 4.79 Å². The summed E-state index contributed by atoms with van der Waals surface area (Å²) >= 11 is 5.92. The zero-order valence-corrected chi connectivity index (χ0v) is 13.3. The molecule has 0 aliphatic rings. The fourth-order valence-electron chi connectivity index (χ4n) is 2.34. The van der Waals surface area contributed by atoms with Crippen LogP contribution in [-0.4, -0.2) is 15.8 Å². The molecule has 3 rings (SSSR count). The van der Waals surface area contributed by atoms with Gasteiger partial charge >= 0.3 is 0 Å². The highest BCUT2D eigenvalue weighted by Crippen LogP contribution is 2.26. The maximum absolute atomic E-state index is 12.4. The third kappa shape index (κ3) is 2.66.